The number of pyridine rings is 1. The summed E-state index contributed by atoms with van der Waals surface area (Å²) in [5.41, 5.74) is 2.10. The van der Waals surface area contributed by atoms with Crippen LogP contribution in [0.4, 0.5) is 0 Å². The highest BCUT2D eigenvalue weighted by atomic mass is 16.5. The molecule has 1 fully saturated rings. The first-order chi connectivity index (χ1) is 12.7. The lowest BCUT2D eigenvalue weighted by Gasteiger charge is -2.25. The lowest BCUT2D eigenvalue weighted by atomic mass is 10.1. The average molecular weight is 350 g/mol. The molecule has 0 spiro atoms. The van der Waals surface area contributed by atoms with Crippen LogP contribution >= 0.6 is 0 Å². The molecule has 1 amide bonds. The maximum Gasteiger partial charge on any atom is 0.258 e. The number of hydrogen-bond donors (Lipinski definition) is 0. The minimum Gasteiger partial charge on any atom is -0.461 e. The maximum atomic E-state index is 13.3. The predicted molar refractivity (Wildman–Crippen MR) is 98.9 cm³/mol. The summed E-state index contributed by atoms with van der Waals surface area (Å²) in [6, 6.07) is 13.4. The zero-order valence-corrected chi connectivity index (χ0v) is 14.9. The summed E-state index contributed by atoms with van der Waals surface area (Å²) in [5, 5.41) is 0.947. The van der Waals surface area contributed by atoms with Crippen LogP contribution < -0.4 is 0 Å². The van der Waals surface area contributed by atoms with E-state index in [1.807, 2.05) is 54.3 Å². The second kappa shape index (κ2) is 7.30. The topological polar surface area (TPSA) is 55.6 Å². The molecular weight excluding hydrogens is 328 g/mol. The number of fused-ring (bicyclic) bond motifs is 1. The average Bonchev–Trinajstić information content (AvgIpc) is 3.29. The van der Waals surface area contributed by atoms with Crippen molar-refractivity contribution in [2.24, 2.45) is 0 Å². The van der Waals surface area contributed by atoms with Gasteiger partial charge in [-0.25, -0.2) is 0 Å². The van der Waals surface area contributed by atoms with E-state index in [4.69, 9.17) is 9.15 Å². The van der Waals surface area contributed by atoms with Crippen molar-refractivity contribution in [2.75, 3.05) is 13.2 Å². The molecule has 1 aliphatic rings. The molecule has 1 aromatic carbocycles. The third-order valence-corrected chi connectivity index (χ3v) is 4.71. The molecule has 5 heteroatoms. The van der Waals surface area contributed by atoms with E-state index in [2.05, 4.69) is 4.98 Å². The largest absolute Gasteiger partial charge is 0.461 e. The van der Waals surface area contributed by atoms with Gasteiger partial charge in [0.15, 0.2) is 0 Å². The first kappa shape index (κ1) is 16.8. The van der Waals surface area contributed by atoms with Gasteiger partial charge in [0.05, 0.1) is 23.9 Å². The summed E-state index contributed by atoms with van der Waals surface area (Å²) >= 11 is 0. The molecule has 3 heterocycles. The summed E-state index contributed by atoms with van der Waals surface area (Å²) in [7, 11) is 0. The number of para-hydroxylation sites is 1. The molecule has 3 aromatic rings. The smallest absolute Gasteiger partial charge is 0.258 e. The van der Waals surface area contributed by atoms with Crippen LogP contribution in [0, 0.1) is 6.92 Å². The molecule has 0 bridgehead atoms. The normalized spacial score (nSPS) is 16.9. The Kier molecular flexibility index (Phi) is 4.71. The molecule has 0 saturated carbocycles. The Bertz CT molecular complexity index is 898. The summed E-state index contributed by atoms with van der Waals surface area (Å²) < 4.78 is 11.6. The minimum atomic E-state index is -0.0499. The van der Waals surface area contributed by atoms with Crippen LogP contribution in [0.2, 0.25) is 0 Å². The molecule has 1 unspecified atom stereocenters. The molecular formula is C21H22N2O3. The predicted octanol–water partition coefficient (Wildman–Crippen LogP) is 3.96. The number of benzene rings is 1. The van der Waals surface area contributed by atoms with Gasteiger partial charge < -0.3 is 14.1 Å². The fourth-order valence-corrected chi connectivity index (χ4v) is 3.47. The van der Waals surface area contributed by atoms with Gasteiger partial charge in [-0.3, -0.25) is 9.78 Å². The molecule has 5 nitrogen and oxygen atoms in total. The second-order valence-electron chi connectivity index (χ2n) is 6.72. The Morgan fingerprint density at radius 1 is 1.27 bits per heavy atom. The molecule has 134 valence electrons. The van der Waals surface area contributed by atoms with Crippen LogP contribution in [-0.4, -0.2) is 35.0 Å². The van der Waals surface area contributed by atoms with E-state index in [1.165, 1.54) is 0 Å². The molecule has 0 N–H and O–H groups in total. The molecule has 1 aliphatic heterocycles. The highest BCUT2D eigenvalue weighted by Crippen LogP contribution is 2.25. The van der Waals surface area contributed by atoms with Crippen molar-refractivity contribution >= 4 is 16.9 Å². The second-order valence-corrected chi connectivity index (χ2v) is 6.72. The fourth-order valence-electron chi connectivity index (χ4n) is 3.47. The van der Waals surface area contributed by atoms with Crippen LogP contribution in [0.5, 0.6) is 0 Å². The number of nitrogens with zero attached hydrogens (tertiary/aromatic N) is 2. The van der Waals surface area contributed by atoms with Crippen molar-refractivity contribution in [3.05, 3.63) is 65.7 Å². The van der Waals surface area contributed by atoms with Gasteiger partial charge in [-0.2, -0.15) is 0 Å². The number of rotatable bonds is 5. The lowest BCUT2D eigenvalue weighted by molar-refractivity contribution is 0.0505. The number of aromatic nitrogens is 1. The van der Waals surface area contributed by atoms with Gasteiger partial charge in [-0.05, 0) is 44.0 Å². The van der Waals surface area contributed by atoms with E-state index in [0.29, 0.717) is 24.2 Å². The quantitative estimate of drug-likeness (QED) is 0.699. The number of carbonyl (C=O) groups excluding carboxylic acids is 1. The number of furan rings is 1. The first-order valence-electron chi connectivity index (χ1n) is 9.00. The van der Waals surface area contributed by atoms with Gasteiger partial charge in [-0.15, -0.1) is 0 Å². The number of carbonyl (C=O) groups is 1. The summed E-state index contributed by atoms with van der Waals surface area (Å²) in [6.07, 6.45) is 3.86. The Morgan fingerprint density at radius 2 is 2.19 bits per heavy atom. The number of ether oxygens (including phenoxy) is 1. The van der Waals surface area contributed by atoms with Gasteiger partial charge in [0.25, 0.3) is 5.91 Å². The highest BCUT2D eigenvalue weighted by molar-refractivity contribution is 6.05. The van der Waals surface area contributed by atoms with Crippen molar-refractivity contribution in [3.63, 3.8) is 0 Å². The summed E-state index contributed by atoms with van der Waals surface area (Å²) in [5.74, 6) is 0.752. The summed E-state index contributed by atoms with van der Waals surface area (Å²) in [4.78, 5) is 19.5. The summed E-state index contributed by atoms with van der Waals surface area (Å²) in [6.45, 7) is 3.68. The number of hydrogen-bond acceptors (Lipinski definition) is 4. The van der Waals surface area contributed by atoms with Crippen molar-refractivity contribution < 1.29 is 13.9 Å². The molecule has 0 aliphatic carbocycles. The molecule has 26 heavy (non-hydrogen) atoms. The van der Waals surface area contributed by atoms with E-state index in [-0.39, 0.29) is 12.0 Å². The first-order valence-corrected chi connectivity index (χ1v) is 9.00. The van der Waals surface area contributed by atoms with E-state index in [9.17, 15) is 4.79 Å². The fraction of sp³-hybridized carbons (Fsp3) is 0.333. The molecule has 1 saturated heterocycles. The molecule has 0 radical (unpaired) electrons. The van der Waals surface area contributed by atoms with Crippen LogP contribution in [0.15, 0.2) is 53.1 Å². The molecule has 2 aromatic heterocycles. The number of amides is 1. The van der Waals surface area contributed by atoms with Crippen molar-refractivity contribution in [1.29, 1.82) is 0 Å². The van der Waals surface area contributed by atoms with Crippen LogP contribution in [0.1, 0.15) is 34.7 Å². The molecule has 4 rings (SSSR count). The van der Waals surface area contributed by atoms with Crippen LogP contribution in [-0.2, 0) is 11.3 Å². The van der Waals surface area contributed by atoms with E-state index >= 15 is 0 Å². The third kappa shape index (κ3) is 3.48. The van der Waals surface area contributed by atoms with Gasteiger partial charge in [0.2, 0.25) is 0 Å². The van der Waals surface area contributed by atoms with E-state index in [0.717, 1.165) is 36.3 Å². The van der Waals surface area contributed by atoms with Crippen molar-refractivity contribution in [1.82, 2.24) is 9.88 Å². The van der Waals surface area contributed by atoms with Crippen molar-refractivity contribution in [2.45, 2.75) is 32.4 Å². The third-order valence-electron chi connectivity index (χ3n) is 4.71. The standard InChI is InChI=1S/C21H22N2O3/c1-15-12-16-6-4-9-19(20(16)26-15)21(24)23(14-18-8-5-11-25-18)13-17-7-2-3-10-22-17/h2-4,6-7,9-10,12,18H,5,8,11,13-14H2,1H3. The van der Waals surface area contributed by atoms with E-state index < -0.39 is 0 Å². The van der Waals surface area contributed by atoms with Crippen molar-refractivity contribution in [3.8, 4) is 0 Å². The van der Waals surface area contributed by atoms with Crippen LogP contribution in [0.3, 0.4) is 0 Å². The Morgan fingerprint density at radius 3 is 2.96 bits per heavy atom. The van der Waals surface area contributed by atoms with Gasteiger partial charge >= 0.3 is 0 Å². The van der Waals surface area contributed by atoms with E-state index in [1.54, 1.807) is 6.20 Å². The van der Waals surface area contributed by atoms with Gasteiger partial charge in [-0.1, -0.05) is 18.2 Å². The van der Waals surface area contributed by atoms with Gasteiger partial charge in [0.1, 0.15) is 11.3 Å². The number of aryl methyl sites for hydroxylation is 1. The Labute approximate surface area is 152 Å². The Balaban J connectivity index is 1.65. The zero-order chi connectivity index (χ0) is 17.9. The maximum absolute atomic E-state index is 13.3. The monoisotopic (exact) mass is 350 g/mol. The zero-order valence-electron chi connectivity index (χ0n) is 14.9. The SMILES string of the molecule is Cc1cc2cccc(C(=O)N(Cc3ccccn3)CC3CCCO3)c2o1. The van der Waals surface area contributed by atoms with Crippen LogP contribution in [0.25, 0.3) is 11.0 Å². The molecule has 1 atom stereocenters. The minimum absolute atomic E-state index is 0.0499. The highest BCUT2D eigenvalue weighted by Gasteiger charge is 2.25. The lowest BCUT2D eigenvalue weighted by Crippen LogP contribution is -2.37. The Hall–Kier alpha value is -2.66. The van der Waals surface area contributed by atoms with Gasteiger partial charge in [0, 0.05) is 24.7 Å².